The molecule has 6 heterocycles. The fraction of sp³-hybridized carbons (Fsp3) is 0.321. The van der Waals surface area contributed by atoms with Crippen LogP contribution in [-0.4, -0.2) is 79.2 Å². The highest BCUT2D eigenvalue weighted by atomic mass is 16.2. The second-order valence-corrected chi connectivity index (χ2v) is 10.1. The SMILES string of the molecule is Cn1ncc2cc(Nc3ccnc4[nH]c(C5=CCN(C(=O)N6CCN7C=CCC7C6)CC5)cc34)ccc21. The zero-order chi connectivity index (χ0) is 24.9. The summed E-state index contributed by atoms with van der Waals surface area (Å²) in [6.45, 7) is 3.90. The van der Waals surface area contributed by atoms with E-state index < -0.39 is 0 Å². The largest absolute Gasteiger partial charge is 0.371 e. The van der Waals surface area contributed by atoms with Crippen LogP contribution in [0, 0.1) is 0 Å². The van der Waals surface area contributed by atoms with Crippen LogP contribution >= 0.6 is 0 Å². The molecule has 1 unspecified atom stereocenters. The lowest BCUT2D eigenvalue weighted by atomic mass is 10.0. The molecular weight excluding hydrogens is 464 g/mol. The lowest BCUT2D eigenvalue weighted by Crippen LogP contribution is -2.55. The number of hydrogen-bond acceptors (Lipinski definition) is 5. The lowest BCUT2D eigenvalue weighted by Gasteiger charge is -2.40. The van der Waals surface area contributed by atoms with Gasteiger partial charge in [-0.15, -0.1) is 0 Å². The molecule has 0 aliphatic carbocycles. The summed E-state index contributed by atoms with van der Waals surface area (Å²) in [5.41, 5.74) is 6.26. The number of aromatic amines is 1. The molecule has 37 heavy (non-hydrogen) atoms. The van der Waals surface area contributed by atoms with E-state index in [4.69, 9.17) is 0 Å². The first-order valence-corrected chi connectivity index (χ1v) is 12.9. The van der Waals surface area contributed by atoms with Crippen LogP contribution in [-0.2, 0) is 7.05 Å². The molecule has 0 bridgehead atoms. The van der Waals surface area contributed by atoms with Crippen molar-refractivity contribution in [3.8, 4) is 0 Å². The molecule has 2 amide bonds. The lowest BCUT2D eigenvalue weighted by molar-refractivity contribution is 0.109. The van der Waals surface area contributed by atoms with Gasteiger partial charge in [-0.3, -0.25) is 4.68 Å². The van der Waals surface area contributed by atoms with Gasteiger partial charge in [0.2, 0.25) is 0 Å². The Hall–Kier alpha value is -4.27. The summed E-state index contributed by atoms with van der Waals surface area (Å²) < 4.78 is 1.88. The Kier molecular flexibility index (Phi) is 5.16. The average Bonchev–Trinajstić information content (AvgIpc) is 3.67. The number of carbonyl (C=O) groups is 1. The molecule has 9 nitrogen and oxygen atoms in total. The van der Waals surface area contributed by atoms with E-state index in [2.05, 4.69) is 67.9 Å². The molecule has 1 atom stereocenters. The predicted molar refractivity (Wildman–Crippen MR) is 145 cm³/mol. The number of H-pyrrole nitrogens is 1. The number of urea groups is 1. The molecule has 2 N–H and O–H groups in total. The van der Waals surface area contributed by atoms with Crippen LogP contribution in [0.3, 0.4) is 0 Å². The molecule has 1 aromatic carbocycles. The van der Waals surface area contributed by atoms with Crippen molar-refractivity contribution in [2.24, 2.45) is 7.05 Å². The first kappa shape index (κ1) is 22.0. The number of anilines is 2. The molecule has 0 spiro atoms. The van der Waals surface area contributed by atoms with E-state index in [9.17, 15) is 4.79 Å². The van der Waals surface area contributed by atoms with Crippen LogP contribution in [0.1, 0.15) is 18.5 Å². The van der Waals surface area contributed by atoms with Gasteiger partial charge in [0.1, 0.15) is 5.65 Å². The van der Waals surface area contributed by atoms with Crippen molar-refractivity contribution in [3.63, 3.8) is 0 Å². The van der Waals surface area contributed by atoms with Gasteiger partial charge in [0.05, 0.1) is 17.4 Å². The van der Waals surface area contributed by atoms with Crippen LogP contribution in [0.4, 0.5) is 16.2 Å². The minimum absolute atomic E-state index is 0.164. The summed E-state index contributed by atoms with van der Waals surface area (Å²) in [7, 11) is 1.95. The first-order valence-electron chi connectivity index (χ1n) is 12.9. The van der Waals surface area contributed by atoms with Crippen LogP contribution in [0.25, 0.3) is 27.5 Å². The van der Waals surface area contributed by atoms with E-state index in [1.54, 1.807) is 0 Å². The van der Waals surface area contributed by atoms with E-state index >= 15 is 0 Å². The molecular formula is C28H30N8O. The first-order chi connectivity index (χ1) is 18.1. The Balaban J connectivity index is 1.07. The number of benzene rings is 1. The van der Waals surface area contributed by atoms with Gasteiger partial charge in [-0.1, -0.05) is 12.2 Å². The minimum Gasteiger partial charge on any atom is -0.371 e. The number of nitrogens with one attached hydrogen (secondary N) is 2. The Morgan fingerprint density at radius 3 is 2.97 bits per heavy atom. The second kappa shape index (κ2) is 8.69. The Morgan fingerprint density at radius 2 is 2.08 bits per heavy atom. The van der Waals surface area contributed by atoms with E-state index in [0.29, 0.717) is 12.6 Å². The number of nitrogens with zero attached hydrogens (tertiary/aromatic N) is 6. The van der Waals surface area contributed by atoms with Crippen molar-refractivity contribution >= 4 is 44.9 Å². The molecule has 1 fully saturated rings. The Morgan fingerprint density at radius 1 is 1.14 bits per heavy atom. The molecule has 3 aromatic heterocycles. The van der Waals surface area contributed by atoms with Gasteiger partial charge in [-0.25, -0.2) is 9.78 Å². The van der Waals surface area contributed by atoms with E-state index in [0.717, 1.165) is 78.0 Å². The van der Waals surface area contributed by atoms with Gasteiger partial charge in [0.15, 0.2) is 0 Å². The highest BCUT2D eigenvalue weighted by Crippen LogP contribution is 2.31. The minimum atomic E-state index is 0.164. The Labute approximate surface area is 215 Å². The average molecular weight is 495 g/mol. The maximum absolute atomic E-state index is 13.2. The van der Waals surface area contributed by atoms with Crippen LogP contribution < -0.4 is 5.32 Å². The van der Waals surface area contributed by atoms with Gasteiger partial charge < -0.3 is 25.0 Å². The quantitative estimate of drug-likeness (QED) is 0.444. The molecule has 4 aromatic rings. The highest BCUT2D eigenvalue weighted by molar-refractivity contribution is 5.95. The Bertz CT molecular complexity index is 1560. The zero-order valence-corrected chi connectivity index (χ0v) is 20.9. The van der Waals surface area contributed by atoms with Crippen molar-refractivity contribution in [2.45, 2.75) is 18.9 Å². The van der Waals surface area contributed by atoms with Gasteiger partial charge in [0, 0.05) is 74.2 Å². The third-order valence-corrected chi connectivity index (χ3v) is 7.89. The number of rotatable bonds is 3. The predicted octanol–water partition coefficient (Wildman–Crippen LogP) is 4.31. The summed E-state index contributed by atoms with van der Waals surface area (Å²) in [6, 6.07) is 11.0. The van der Waals surface area contributed by atoms with Crippen molar-refractivity contribution < 1.29 is 4.79 Å². The third kappa shape index (κ3) is 3.91. The molecule has 3 aliphatic rings. The van der Waals surface area contributed by atoms with E-state index in [1.807, 2.05) is 40.0 Å². The number of hydrogen-bond donors (Lipinski definition) is 2. The number of aromatic nitrogens is 4. The molecule has 1 saturated heterocycles. The fourth-order valence-corrected chi connectivity index (χ4v) is 5.80. The molecule has 9 heteroatoms. The van der Waals surface area contributed by atoms with Gasteiger partial charge in [-0.05, 0) is 54.9 Å². The summed E-state index contributed by atoms with van der Waals surface area (Å²) in [5, 5.41) is 10.0. The normalized spacial score (nSPS) is 19.5. The molecule has 188 valence electrons. The van der Waals surface area contributed by atoms with Crippen molar-refractivity contribution in [1.82, 2.24) is 34.4 Å². The van der Waals surface area contributed by atoms with Crippen LogP contribution in [0.2, 0.25) is 0 Å². The van der Waals surface area contributed by atoms with E-state index in [1.165, 1.54) is 5.57 Å². The maximum atomic E-state index is 13.2. The third-order valence-electron chi connectivity index (χ3n) is 7.89. The van der Waals surface area contributed by atoms with Crippen molar-refractivity contribution in [1.29, 1.82) is 0 Å². The standard InChI is InChI=1S/C28H30N8O/c1-33-26-5-4-21(15-20(26)17-30-33)31-24-6-9-29-27-23(24)16-25(32-27)19-7-11-35(12-8-19)28(37)36-14-13-34-10-2-3-22(34)18-36/h2,4-7,9-10,15-17,22H,3,8,11-14,18H2,1H3,(H2,29,31,32). The zero-order valence-electron chi connectivity index (χ0n) is 20.9. The topological polar surface area (TPSA) is 85.3 Å². The summed E-state index contributed by atoms with van der Waals surface area (Å²) in [4.78, 5) is 27.6. The molecule has 0 saturated carbocycles. The number of piperazine rings is 1. The molecule has 7 rings (SSSR count). The van der Waals surface area contributed by atoms with E-state index in [-0.39, 0.29) is 6.03 Å². The summed E-state index contributed by atoms with van der Waals surface area (Å²) in [5.74, 6) is 0. The monoisotopic (exact) mass is 494 g/mol. The molecule has 3 aliphatic heterocycles. The number of pyridine rings is 1. The smallest absolute Gasteiger partial charge is 0.320 e. The maximum Gasteiger partial charge on any atom is 0.320 e. The van der Waals surface area contributed by atoms with Gasteiger partial charge >= 0.3 is 6.03 Å². The summed E-state index contributed by atoms with van der Waals surface area (Å²) in [6.07, 6.45) is 12.1. The number of carbonyl (C=O) groups excluding carboxylic acids is 1. The summed E-state index contributed by atoms with van der Waals surface area (Å²) >= 11 is 0. The fourth-order valence-electron chi connectivity index (χ4n) is 5.80. The number of fused-ring (bicyclic) bond motifs is 3. The number of aryl methyl sites for hydroxylation is 1. The van der Waals surface area contributed by atoms with Crippen molar-refractivity contribution in [2.75, 3.05) is 38.0 Å². The van der Waals surface area contributed by atoms with Gasteiger partial charge in [-0.2, -0.15) is 5.10 Å². The van der Waals surface area contributed by atoms with Crippen molar-refractivity contribution in [3.05, 3.63) is 66.8 Å². The van der Waals surface area contributed by atoms with Crippen LogP contribution in [0.5, 0.6) is 0 Å². The van der Waals surface area contributed by atoms with Gasteiger partial charge in [0.25, 0.3) is 0 Å². The number of amides is 2. The molecule has 0 radical (unpaired) electrons. The highest BCUT2D eigenvalue weighted by Gasteiger charge is 2.32. The van der Waals surface area contributed by atoms with Crippen LogP contribution in [0.15, 0.2) is 61.1 Å². The second-order valence-electron chi connectivity index (χ2n) is 10.1.